The molecule has 0 fully saturated rings. The minimum atomic E-state index is -0.248. The summed E-state index contributed by atoms with van der Waals surface area (Å²) in [5.41, 5.74) is 1.58. The van der Waals surface area contributed by atoms with Crippen LogP contribution in [0, 0.1) is 5.82 Å². The number of hydrogen-bond donors (Lipinski definition) is 0. The molecule has 0 aliphatic rings. The molecule has 0 bridgehead atoms. The largest absolute Gasteiger partial charge is 0.206 e. The molecule has 0 unspecified atom stereocenters. The van der Waals surface area contributed by atoms with E-state index in [4.69, 9.17) is 23.2 Å². The number of hydrogen-bond acceptors (Lipinski definition) is 0. The number of halogens is 3. The molecule has 0 N–H and O–H groups in total. The van der Waals surface area contributed by atoms with E-state index in [1.807, 2.05) is 18.2 Å². The molecular formula is C16H9Cl2F. The molecule has 0 spiro atoms. The molecule has 0 nitrogen and oxygen atoms in total. The first-order valence-electron chi connectivity index (χ1n) is 5.80. The summed E-state index contributed by atoms with van der Waals surface area (Å²) >= 11 is 12.5. The van der Waals surface area contributed by atoms with Gasteiger partial charge in [-0.05, 0) is 29.1 Å². The molecule has 19 heavy (non-hydrogen) atoms. The van der Waals surface area contributed by atoms with Crippen LogP contribution < -0.4 is 0 Å². The summed E-state index contributed by atoms with van der Waals surface area (Å²) in [5, 5.41) is 2.49. The first kappa shape index (κ1) is 12.5. The lowest BCUT2D eigenvalue weighted by atomic mass is 9.98. The van der Waals surface area contributed by atoms with Crippen LogP contribution >= 0.6 is 23.2 Å². The Kier molecular flexibility index (Phi) is 3.17. The van der Waals surface area contributed by atoms with E-state index in [-0.39, 0.29) is 5.82 Å². The summed E-state index contributed by atoms with van der Waals surface area (Å²) in [5.74, 6) is -0.248. The molecule has 0 heterocycles. The highest BCUT2D eigenvalue weighted by atomic mass is 35.5. The molecule has 0 saturated carbocycles. The van der Waals surface area contributed by atoms with E-state index in [0.717, 1.165) is 16.5 Å². The van der Waals surface area contributed by atoms with Crippen LogP contribution in [0.1, 0.15) is 0 Å². The summed E-state index contributed by atoms with van der Waals surface area (Å²) in [4.78, 5) is 0. The fraction of sp³-hybridized carbons (Fsp3) is 0. The van der Waals surface area contributed by atoms with Crippen LogP contribution in [0.25, 0.3) is 21.9 Å². The predicted molar refractivity (Wildman–Crippen MR) is 79.4 cm³/mol. The first-order valence-corrected chi connectivity index (χ1v) is 6.55. The number of benzene rings is 3. The Morgan fingerprint density at radius 3 is 2.00 bits per heavy atom. The van der Waals surface area contributed by atoms with Crippen molar-refractivity contribution in [3.05, 3.63) is 70.5 Å². The van der Waals surface area contributed by atoms with Crippen LogP contribution in [-0.2, 0) is 0 Å². The summed E-state index contributed by atoms with van der Waals surface area (Å²) < 4.78 is 13.8. The van der Waals surface area contributed by atoms with Crippen LogP contribution in [0.2, 0.25) is 10.0 Å². The number of fused-ring (bicyclic) bond motifs is 1. The lowest BCUT2D eigenvalue weighted by Crippen LogP contribution is -1.87. The molecule has 0 saturated heterocycles. The van der Waals surface area contributed by atoms with Gasteiger partial charge >= 0.3 is 0 Å². The van der Waals surface area contributed by atoms with E-state index >= 15 is 0 Å². The Morgan fingerprint density at radius 1 is 0.684 bits per heavy atom. The highest BCUT2D eigenvalue weighted by Gasteiger charge is 2.12. The quantitative estimate of drug-likeness (QED) is 0.519. The molecule has 3 heteroatoms. The Bertz CT molecular complexity index is 746. The molecule has 0 aromatic heterocycles. The van der Waals surface area contributed by atoms with E-state index in [0.29, 0.717) is 15.4 Å². The van der Waals surface area contributed by atoms with Crippen molar-refractivity contribution in [2.75, 3.05) is 0 Å². The van der Waals surface area contributed by atoms with Crippen molar-refractivity contribution in [2.24, 2.45) is 0 Å². The summed E-state index contributed by atoms with van der Waals surface area (Å²) in [6, 6.07) is 15.8. The fourth-order valence-electron chi connectivity index (χ4n) is 2.24. The average molecular weight is 291 g/mol. The second-order valence-electron chi connectivity index (χ2n) is 4.24. The lowest BCUT2D eigenvalue weighted by molar-refractivity contribution is 0.640. The summed E-state index contributed by atoms with van der Waals surface area (Å²) in [7, 11) is 0. The molecular weight excluding hydrogens is 282 g/mol. The maximum absolute atomic E-state index is 13.8. The lowest BCUT2D eigenvalue weighted by Gasteiger charge is -2.11. The molecule has 0 aliphatic heterocycles. The van der Waals surface area contributed by atoms with Gasteiger partial charge in [0.2, 0.25) is 0 Å². The molecule has 0 amide bonds. The molecule has 94 valence electrons. The maximum Gasteiger partial charge on any atom is 0.131 e. The zero-order valence-electron chi connectivity index (χ0n) is 9.83. The van der Waals surface area contributed by atoms with Crippen LogP contribution in [0.5, 0.6) is 0 Å². The fourth-order valence-corrected chi connectivity index (χ4v) is 2.84. The average Bonchev–Trinajstić information content (AvgIpc) is 2.41. The Balaban J connectivity index is 2.41. The smallest absolute Gasteiger partial charge is 0.131 e. The SMILES string of the molecule is Fc1ccc(-c2c(Cl)cccc2Cl)c2ccccc12. The first-order chi connectivity index (χ1) is 9.18. The molecule has 3 aromatic carbocycles. The predicted octanol–water partition coefficient (Wildman–Crippen LogP) is 5.95. The summed E-state index contributed by atoms with van der Waals surface area (Å²) in [6.07, 6.45) is 0. The van der Waals surface area contributed by atoms with Gasteiger partial charge in [0.1, 0.15) is 5.82 Å². The van der Waals surface area contributed by atoms with Crippen LogP contribution in [-0.4, -0.2) is 0 Å². The maximum atomic E-state index is 13.8. The zero-order chi connectivity index (χ0) is 13.4. The van der Waals surface area contributed by atoms with Gasteiger partial charge in [0, 0.05) is 21.0 Å². The molecule has 0 radical (unpaired) electrons. The standard InChI is InChI=1S/C16H9Cl2F/c17-13-6-3-7-14(18)16(13)12-8-9-15(19)11-5-2-1-4-10(11)12/h1-9H. The van der Waals surface area contributed by atoms with Crippen molar-refractivity contribution >= 4 is 34.0 Å². The Morgan fingerprint density at radius 2 is 1.32 bits per heavy atom. The third-order valence-corrected chi connectivity index (χ3v) is 3.73. The van der Waals surface area contributed by atoms with Gasteiger partial charge in [-0.3, -0.25) is 0 Å². The third kappa shape index (κ3) is 2.09. The Hall–Kier alpha value is -1.57. The van der Waals surface area contributed by atoms with Crippen molar-refractivity contribution in [2.45, 2.75) is 0 Å². The van der Waals surface area contributed by atoms with Crippen molar-refractivity contribution in [1.82, 2.24) is 0 Å². The highest BCUT2D eigenvalue weighted by molar-refractivity contribution is 6.39. The number of rotatable bonds is 1. The Labute approximate surface area is 120 Å². The molecule has 0 atom stereocenters. The van der Waals surface area contributed by atoms with Crippen molar-refractivity contribution < 1.29 is 4.39 Å². The molecule has 3 rings (SSSR count). The van der Waals surface area contributed by atoms with E-state index < -0.39 is 0 Å². The van der Waals surface area contributed by atoms with Crippen LogP contribution in [0.15, 0.2) is 54.6 Å². The van der Waals surface area contributed by atoms with E-state index in [2.05, 4.69) is 0 Å². The van der Waals surface area contributed by atoms with Gasteiger partial charge in [-0.2, -0.15) is 0 Å². The van der Waals surface area contributed by atoms with E-state index in [1.165, 1.54) is 6.07 Å². The van der Waals surface area contributed by atoms with Crippen LogP contribution in [0.3, 0.4) is 0 Å². The van der Waals surface area contributed by atoms with Gasteiger partial charge in [-0.1, -0.05) is 59.6 Å². The third-order valence-electron chi connectivity index (χ3n) is 3.10. The van der Waals surface area contributed by atoms with E-state index in [9.17, 15) is 4.39 Å². The van der Waals surface area contributed by atoms with Crippen LogP contribution in [0.4, 0.5) is 4.39 Å². The van der Waals surface area contributed by atoms with Gasteiger partial charge in [0.05, 0.1) is 0 Å². The minimum absolute atomic E-state index is 0.248. The van der Waals surface area contributed by atoms with Gasteiger partial charge < -0.3 is 0 Å². The molecule has 3 aromatic rings. The van der Waals surface area contributed by atoms with Crippen molar-refractivity contribution in [3.63, 3.8) is 0 Å². The van der Waals surface area contributed by atoms with Crippen molar-refractivity contribution in [3.8, 4) is 11.1 Å². The minimum Gasteiger partial charge on any atom is -0.206 e. The topological polar surface area (TPSA) is 0 Å². The summed E-state index contributed by atoms with van der Waals surface area (Å²) in [6.45, 7) is 0. The second kappa shape index (κ2) is 4.84. The highest BCUT2D eigenvalue weighted by Crippen LogP contribution is 2.38. The second-order valence-corrected chi connectivity index (χ2v) is 5.05. The van der Waals surface area contributed by atoms with Crippen molar-refractivity contribution in [1.29, 1.82) is 0 Å². The van der Waals surface area contributed by atoms with Gasteiger partial charge in [-0.25, -0.2) is 4.39 Å². The molecule has 0 aliphatic carbocycles. The van der Waals surface area contributed by atoms with Gasteiger partial charge in [-0.15, -0.1) is 0 Å². The zero-order valence-corrected chi connectivity index (χ0v) is 11.3. The van der Waals surface area contributed by atoms with E-state index in [1.54, 1.807) is 30.3 Å². The monoisotopic (exact) mass is 290 g/mol. The normalized spacial score (nSPS) is 10.9. The van der Waals surface area contributed by atoms with Gasteiger partial charge in [0.25, 0.3) is 0 Å². The van der Waals surface area contributed by atoms with Gasteiger partial charge in [0.15, 0.2) is 0 Å².